The average molecular weight is 388 g/mol. The molecule has 8 nitrogen and oxygen atoms in total. The Morgan fingerprint density at radius 3 is 2.79 bits per heavy atom. The van der Waals surface area contributed by atoms with Crippen molar-refractivity contribution in [2.75, 3.05) is 19.7 Å². The Kier molecular flexibility index (Phi) is 6.28. The van der Waals surface area contributed by atoms with Gasteiger partial charge in [0.25, 0.3) is 18.6 Å². The fourth-order valence-electron chi connectivity index (χ4n) is 3.74. The third-order valence-electron chi connectivity index (χ3n) is 5.20. The molecule has 28 heavy (non-hydrogen) atoms. The number of rotatable bonds is 7. The number of benzene rings is 1. The summed E-state index contributed by atoms with van der Waals surface area (Å²) in [6.45, 7) is 2.96. The number of carbonyl (C=O) groups excluding carboxylic acids is 2. The Hall–Kier alpha value is -2.90. The van der Waals surface area contributed by atoms with Gasteiger partial charge in [0.2, 0.25) is 0 Å². The number of aromatic amines is 1. The maximum absolute atomic E-state index is 12.8. The Balaban J connectivity index is 1.73. The summed E-state index contributed by atoms with van der Waals surface area (Å²) in [5.41, 5.74) is -0.106. The number of carbonyl (C=O) groups is 2. The highest BCUT2D eigenvalue weighted by Crippen LogP contribution is 2.36. The van der Waals surface area contributed by atoms with Gasteiger partial charge in [0.05, 0.1) is 12.0 Å². The number of amides is 1. The highest BCUT2D eigenvalue weighted by molar-refractivity contribution is 5.80. The summed E-state index contributed by atoms with van der Waals surface area (Å²) in [5, 5.41) is 2.38. The number of nitrogens with zero attached hydrogens (tertiary/aromatic N) is 2. The molecule has 8 heteroatoms. The van der Waals surface area contributed by atoms with Crippen LogP contribution in [0.1, 0.15) is 31.7 Å². The second kappa shape index (κ2) is 8.86. The number of piperidine rings is 1. The smallest absolute Gasteiger partial charge is 0.426 e. The van der Waals surface area contributed by atoms with Crippen molar-refractivity contribution in [3.8, 4) is 0 Å². The van der Waals surface area contributed by atoms with E-state index < -0.39 is 11.0 Å². The molecule has 0 unspecified atom stereocenters. The molecule has 150 valence electrons. The van der Waals surface area contributed by atoms with Crippen molar-refractivity contribution in [2.24, 2.45) is 5.41 Å². The van der Waals surface area contributed by atoms with Gasteiger partial charge in [-0.15, -0.1) is 0 Å². The number of nitrogens with one attached hydrogen (secondary N) is 1. The van der Waals surface area contributed by atoms with Gasteiger partial charge in [-0.05, 0) is 43.4 Å². The maximum Gasteiger partial charge on any atom is 0.426 e. The number of aromatic nitrogens is 2. The van der Waals surface area contributed by atoms with Crippen LogP contribution in [0.5, 0.6) is 0 Å². The van der Waals surface area contributed by atoms with Crippen molar-refractivity contribution in [3.63, 3.8) is 0 Å². The van der Waals surface area contributed by atoms with Crippen molar-refractivity contribution in [1.82, 2.24) is 10.2 Å². The first-order valence-corrected chi connectivity index (χ1v) is 9.59. The Bertz CT molecular complexity index is 860. The highest BCUT2D eigenvalue weighted by Gasteiger charge is 2.44. The van der Waals surface area contributed by atoms with Crippen molar-refractivity contribution in [3.05, 3.63) is 52.5 Å². The lowest BCUT2D eigenvalue weighted by Gasteiger charge is -2.40. The van der Waals surface area contributed by atoms with Crippen LogP contribution in [0.4, 0.5) is 0 Å². The quantitative estimate of drug-likeness (QED) is 0.565. The molecule has 1 saturated heterocycles. The molecule has 1 aliphatic heterocycles. The van der Waals surface area contributed by atoms with E-state index in [9.17, 15) is 14.4 Å². The maximum atomic E-state index is 12.8. The van der Waals surface area contributed by atoms with E-state index >= 15 is 0 Å². The SMILES string of the molecule is CCOC(=O)[C@@]1(CCc2ccccc2)CCCN(C(=O)C[n+]2cc(=O)o[nH]2)C1. The van der Waals surface area contributed by atoms with Crippen LogP contribution in [0.2, 0.25) is 0 Å². The molecule has 1 amide bonds. The van der Waals surface area contributed by atoms with E-state index in [1.165, 1.54) is 10.9 Å². The Labute approximate surface area is 163 Å². The zero-order valence-electron chi connectivity index (χ0n) is 16.1. The van der Waals surface area contributed by atoms with E-state index in [2.05, 4.69) is 9.79 Å². The van der Waals surface area contributed by atoms with E-state index in [1.54, 1.807) is 11.8 Å². The predicted octanol–water partition coefficient (Wildman–Crippen LogP) is 1.06. The Morgan fingerprint density at radius 1 is 1.32 bits per heavy atom. The molecule has 1 N–H and O–H groups in total. The van der Waals surface area contributed by atoms with E-state index in [0.717, 1.165) is 18.4 Å². The number of H-pyrrole nitrogens is 1. The van der Waals surface area contributed by atoms with Gasteiger partial charge in [0, 0.05) is 13.1 Å². The van der Waals surface area contributed by atoms with Crippen molar-refractivity contribution in [1.29, 1.82) is 0 Å². The van der Waals surface area contributed by atoms with Gasteiger partial charge in [-0.1, -0.05) is 35.0 Å². The topological polar surface area (TPSA) is 96.5 Å². The first kappa shape index (κ1) is 19.9. The van der Waals surface area contributed by atoms with Crippen LogP contribution in [0, 0.1) is 5.41 Å². The number of esters is 1. The van der Waals surface area contributed by atoms with Gasteiger partial charge in [-0.2, -0.15) is 0 Å². The summed E-state index contributed by atoms with van der Waals surface area (Å²) < 4.78 is 11.3. The van der Waals surface area contributed by atoms with E-state index in [0.29, 0.717) is 32.5 Å². The molecule has 0 saturated carbocycles. The lowest BCUT2D eigenvalue weighted by Crippen LogP contribution is -2.54. The lowest BCUT2D eigenvalue weighted by atomic mass is 9.75. The van der Waals surface area contributed by atoms with Crippen molar-refractivity contribution < 1.29 is 23.5 Å². The van der Waals surface area contributed by atoms with Crippen LogP contribution in [0.3, 0.4) is 0 Å². The van der Waals surface area contributed by atoms with Crippen LogP contribution < -0.4 is 10.3 Å². The predicted molar refractivity (Wildman–Crippen MR) is 99.2 cm³/mol. The van der Waals surface area contributed by atoms with Crippen LogP contribution in [0.25, 0.3) is 0 Å². The molecular weight excluding hydrogens is 362 g/mol. The largest absolute Gasteiger partial charge is 0.466 e. The number of aryl methyl sites for hydroxylation is 1. The van der Waals surface area contributed by atoms with Crippen molar-refractivity contribution >= 4 is 11.9 Å². The minimum Gasteiger partial charge on any atom is -0.466 e. The van der Waals surface area contributed by atoms with E-state index in [4.69, 9.17) is 4.74 Å². The first-order valence-electron chi connectivity index (χ1n) is 9.59. The molecule has 3 rings (SSSR count). The number of hydrogen-bond acceptors (Lipinski definition) is 5. The standard InChI is InChI=1S/C20H25N3O5/c1-2-27-19(26)20(11-9-16-7-4-3-5-8-16)10-6-12-22(15-20)17(24)13-23-14-18(25)28-21-23/h3-5,7-8,14H,2,6,9-13,15H2,1H3/p+1/t20-/m1/s1. The summed E-state index contributed by atoms with van der Waals surface area (Å²) in [7, 11) is 0. The molecule has 0 spiro atoms. The molecule has 1 fully saturated rings. The monoisotopic (exact) mass is 388 g/mol. The second-order valence-corrected chi connectivity index (χ2v) is 7.17. The van der Waals surface area contributed by atoms with Crippen LogP contribution in [-0.4, -0.2) is 41.7 Å². The fourth-order valence-corrected chi connectivity index (χ4v) is 3.74. The minimum atomic E-state index is -0.714. The summed E-state index contributed by atoms with van der Waals surface area (Å²) in [6, 6.07) is 9.99. The molecule has 0 bridgehead atoms. The zero-order valence-corrected chi connectivity index (χ0v) is 16.1. The summed E-state index contributed by atoms with van der Waals surface area (Å²) in [4.78, 5) is 38.4. The molecule has 0 aliphatic carbocycles. The van der Waals surface area contributed by atoms with E-state index in [-0.39, 0.29) is 18.4 Å². The van der Waals surface area contributed by atoms with Gasteiger partial charge in [0.1, 0.15) is 0 Å². The molecule has 0 radical (unpaired) electrons. The molecule has 1 aromatic heterocycles. The molecule has 2 aromatic rings. The fraction of sp³-hybridized carbons (Fsp3) is 0.500. The summed E-state index contributed by atoms with van der Waals surface area (Å²) in [5.74, 6) is -0.414. The molecular formula is C20H26N3O5+. The third kappa shape index (κ3) is 4.68. The lowest BCUT2D eigenvalue weighted by molar-refractivity contribution is -0.751. The van der Waals surface area contributed by atoms with Gasteiger partial charge in [-0.25, -0.2) is 4.79 Å². The summed E-state index contributed by atoms with van der Waals surface area (Å²) >= 11 is 0. The van der Waals surface area contributed by atoms with Crippen LogP contribution in [0.15, 0.2) is 45.8 Å². The number of hydrogen-bond donors (Lipinski definition) is 1. The average Bonchev–Trinajstić information content (AvgIpc) is 3.12. The van der Waals surface area contributed by atoms with Crippen LogP contribution >= 0.6 is 0 Å². The number of ether oxygens (including phenoxy) is 1. The van der Waals surface area contributed by atoms with Crippen LogP contribution in [-0.2, 0) is 27.3 Å². The Morgan fingerprint density at radius 2 is 2.11 bits per heavy atom. The second-order valence-electron chi connectivity index (χ2n) is 7.17. The third-order valence-corrected chi connectivity index (χ3v) is 5.20. The van der Waals surface area contributed by atoms with Gasteiger partial charge < -0.3 is 9.64 Å². The normalized spacial score (nSPS) is 19.4. The molecule has 2 heterocycles. The van der Waals surface area contributed by atoms with Gasteiger partial charge >= 0.3 is 11.6 Å². The minimum absolute atomic E-state index is 0.0384. The van der Waals surface area contributed by atoms with Gasteiger partial charge in [-0.3, -0.25) is 14.1 Å². The van der Waals surface area contributed by atoms with E-state index in [1.807, 2.05) is 30.3 Å². The molecule has 1 atom stereocenters. The van der Waals surface area contributed by atoms with Gasteiger partial charge in [0.15, 0.2) is 0 Å². The summed E-state index contributed by atoms with van der Waals surface area (Å²) in [6.07, 6.45) is 3.97. The number of likely N-dealkylation sites (tertiary alicyclic amines) is 1. The van der Waals surface area contributed by atoms with Crippen molar-refractivity contribution in [2.45, 2.75) is 39.2 Å². The first-order chi connectivity index (χ1) is 13.5. The molecule has 1 aromatic carbocycles. The highest BCUT2D eigenvalue weighted by atomic mass is 16.5. The molecule has 1 aliphatic rings. The zero-order chi connectivity index (χ0) is 20.0.